The molecule has 0 spiro atoms. The molecule has 0 aliphatic carbocycles. The number of carbonyl (C=O) groups excluding carboxylic acids is 1. The van der Waals surface area contributed by atoms with Crippen LogP contribution in [0, 0.1) is 5.82 Å². The van der Waals surface area contributed by atoms with Crippen LogP contribution in [0.25, 0.3) is 0 Å². The van der Waals surface area contributed by atoms with E-state index in [1.165, 1.54) is 10.4 Å². The summed E-state index contributed by atoms with van der Waals surface area (Å²) < 4.78 is 52.6. The Morgan fingerprint density at radius 1 is 1.25 bits per heavy atom. The number of halogens is 2. The summed E-state index contributed by atoms with van der Waals surface area (Å²) in [7, 11) is -3.85. The van der Waals surface area contributed by atoms with Crippen LogP contribution in [0.3, 0.4) is 0 Å². The molecule has 1 amide bonds. The molecule has 1 unspecified atom stereocenters. The minimum absolute atomic E-state index is 0.0337. The van der Waals surface area contributed by atoms with E-state index in [0.717, 1.165) is 31.0 Å². The number of anilines is 1. The van der Waals surface area contributed by atoms with Crippen LogP contribution in [0.2, 0.25) is 5.02 Å². The monoisotopic (exact) mass is 484 g/mol. The average molecular weight is 485 g/mol. The predicted octanol–water partition coefficient (Wildman–Crippen LogP) is 4.32. The summed E-state index contributed by atoms with van der Waals surface area (Å²) in [5.41, 5.74) is -0.153. The highest BCUT2D eigenvalue weighted by molar-refractivity contribution is 7.89. The third kappa shape index (κ3) is 5.58. The maximum absolute atomic E-state index is 14.5. The summed E-state index contributed by atoms with van der Waals surface area (Å²) in [6, 6.07) is 7.85. The summed E-state index contributed by atoms with van der Waals surface area (Å²) in [6.45, 7) is 4.91. The Morgan fingerprint density at radius 3 is 2.66 bits per heavy atom. The Balaban J connectivity index is 1.85. The van der Waals surface area contributed by atoms with Gasteiger partial charge in [-0.1, -0.05) is 25.4 Å². The molecule has 1 aliphatic rings. The van der Waals surface area contributed by atoms with Crippen molar-refractivity contribution in [3.05, 3.63) is 52.8 Å². The fourth-order valence-corrected chi connectivity index (χ4v) is 5.08. The van der Waals surface area contributed by atoms with Gasteiger partial charge < -0.3 is 14.8 Å². The number of benzene rings is 2. The van der Waals surface area contributed by atoms with Gasteiger partial charge in [-0.3, -0.25) is 4.79 Å². The van der Waals surface area contributed by atoms with Crippen LogP contribution in [0.15, 0.2) is 41.3 Å². The van der Waals surface area contributed by atoms with Crippen molar-refractivity contribution in [3.63, 3.8) is 0 Å². The first kappa shape index (κ1) is 24.4. The number of nitrogens with one attached hydrogen (secondary N) is 1. The van der Waals surface area contributed by atoms with Crippen LogP contribution in [-0.4, -0.2) is 51.0 Å². The molecule has 1 saturated heterocycles. The van der Waals surface area contributed by atoms with Crippen LogP contribution in [0.5, 0.6) is 5.75 Å². The third-order valence-corrected chi connectivity index (χ3v) is 7.45. The molecule has 2 aromatic rings. The molecule has 2 aromatic carbocycles. The molecular weight excluding hydrogens is 459 g/mol. The number of ether oxygens (including phenoxy) is 2. The lowest BCUT2D eigenvalue weighted by atomic mass is 10.2. The predicted molar refractivity (Wildman–Crippen MR) is 120 cm³/mol. The van der Waals surface area contributed by atoms with Crippen LogP contribution >= 0.6 is 11.6 Å². The molecule has 1 heterocycles. The molecule has 1 fully saturated rings. The quantitative estimate of drug-likeness (QED) is 0.573. The first-order valence-corrected chi connectivity index (χ1v) is 12.2. The summed E-state index contributed by atoms with van der Waals surface area (Å²) in [5, 5.41) is 2.93. The number of carbonyl (C=O) groups is 1. The van der Waals surface area contributed by atoms with E-state index < -0.39 is 27.3 Å². The zero-order chi connectivity index (χ0) is 23.3. The van der Waals surface area contributed by atoms with Crippen molar-refractivity contribution in [1.29, 1.82) is 0 Å². The maximum atomic E-state index is 14.5. The van der Waals surface area contributed by atoms with Crippen LogP contribution in [0.1, 0.15) is 37.0 Å². The van der Waals surface area contributed by atoms with Gasteiger partial charge in [-0.25, -0.2) is 12.8 Å². The normalized spacial score (nSPS) is 16.3. The minimum Gasteiger partial charge on any atom is -0.489 e. The Bertz CT molecular complexity index is 1070. The standard InChI is InChI=1S/C22H26ClFN2O5S/c1-3-26(4-2)32(28,29)17-8-9-19(24)18(13-17)22(27)25-20-12-15(23)7-10-21(20)31-14-16-6-5-11-30-16/h7-10,12-13,16H,3-6,11,14H2,1-2H3,(H,25,27). The molecule has 174 valence electrons. The van der Waals surface area contributed by atoms with Crippen molar-refractivity contribution in [2.75, 3.05) is 31.6 Å². The topological polar surface area (TPSA) is 84.9 Å². The van der Waals surface area contributed by atoms with Gasteiger partial charge >= 0.3 is 0 Å². The van der Waals surface area contributed by atoms with Crippen molar-refractivity contribution in [1.82, 2.24) is 4.31 Å². The Hall–Kier alpha value is -2.20. The number of hydrogen-bond acceptors (Lipinski definition) is 5. The smallest absolute Gasteiger partial charge is 0.258 e. The van der Waals surface area contributed by atoms with Gasteiger partial charge in [-0.15, -0.1) is 0 Å². The molecule has 10 heteroatoms. The van der Waals surface area contributed by atoms with Gasteiger partial charge in [0.2, 0.25) is 10.0 Å². The molecule has 7 nitrogen and oxygen atoms in total. The average Bonchev–Trinajstić information content (AvgIpc) is 3.27. The lowest BCUT2D eigenvalue weighted by molar-refractivity contribution is 0.0682. The van der Waals surface area contributed by atoms with E-state index in [9.17, 15) is 17.6 Å². The van der Waals surface area contributed by atoms with Gasteiger partial charge in [0.15, 0.2) is 0 Å². The number of hydrogen-bond donors (Lipinski definition) is 1. The van der Waals surface area contributed by atoms with E-state index in [-0.39, 0.29) is 29.8 Å². The molecule has 0 radical (unpaired) electrons. The largest absolute Gasteiger partial charge is 0.489 e. The molecule has 1 atom stereocenters. The number of rotatable bonds is 9. The van der Waals surface area contributed by atoms with Gasteiger partial charge in [-0.2, -0.15) is 4.31 Å². The highest BCUT2D eigenvalue weighted by Crippen LogP contribution is 2.30. The molecular formula is C22H26ClFN2O5S. The van der Waals surface area contributed by atoms with E-state index in [1.54, 1.807) is 26.0 Å². The van der Waals surface area contributed by atoms with Crippen molar-refractivity contribution in [2.24, 2.45) is 0 Å². The van der Waals surface area contributed by atoms with Crippen molar-refractivity contribution >= 4 is 33.2 Å². The second kappa shape index (κ2) is 10.6. The van der Waals surface area contributed by atoms with Gasteiger partial charge in [-0.05, 0) is 49.2 Å². The van der Waals surface area contributed by atoms with E-state index in [0.29, 0.717) is 24.0 Å². The zero-order valence-corrected chi connectivity index (χ0v) is 19.5. The van der Waals surface area contributed by atoms with Crippen molar-refractivity contribution in [3.8, 4) is 5.75 Å². The van der Waals surface area contributed by atoms with Crippen LogP contribution < -0.4 is 10.1 Å². The third-order valence-electron chi connectivity index (χ3n) is 5.16. The maximum Gasteiger partial charge on any atom is 0.258 e. The number of nitrogens with zero attached hydrogens (tertiary/aromatic N) is 1. The first-order valence-electron chi connectivity index (χ1n) is 10.4. The molecule has 0 aromatic heterocycles. The lowest BCUT2D eigenvalue weighted by Gasteiger charge is -2.19. The van der Waals surface area contributed by atoms with Gasteiger partial charge in [0.25, 0.3) is 5.91 Å². The SMILES string of the molecule is CCN(CC)S(=O)(=O)c1ccc(F)c(C(=O)Nc2cc(Cl)ccc2OCC2CCCO2)c1. The van der Waals surface area contributed by atoms with E-state index in [4.69, 9.17) is 21.1 Å². The summed E-state index contributed by atoms with van der Waals surface area (Å²) in [5.74, 6) is -1.31. The summed E-state index contributed by atoms with van der Waals surface area (Å²) >= 11 is 6.07. The minimum atomic E-state index is -3.85. The van der Waals surface area contributed by atoms with Gasteiger partial charge in [0.05, 0.1) is 22.3 Å². The Kier molecular flexibility index (Phi) is 8.10. The Labute approximate surface area is 192 Å². The zero-order valence-electron chi connectivity index (χ0n) is 17.9. The second-order valence-corrected chi connectivity index (χ2v) is 9.65. The first-order chi connectivity index (χ1) is 15.3. The highest BCUT2D eigenvalue weighted by Gasteiger charge is 2.25. The molecule has 1 aliphatic heterocycles. The van der Waals surface area contributed by atoms with Crippen LogP contribution in [0.4, 0.5) is 10.1 Å². The van der Waals surface area contributed by atoms with Gasteiger partial charge in [0.1, 0.15) is 18.2 Å². The van der Waals surface area contributed by atoms with Crippen LogP contribution in [-0.2, 0) is 14.8 Å². The number of sulfonamides is 1. The highest BCUT2D eigenvalue weighted by atomic mass is 35.5. The number of amides is 1. The molecule has 32 heavy (non-hydrogen) atoms. The summed E-state index contributed by atoms with van der Waals surface area (Å²) in [4.78, 5) is 12.7. The fraction of sp³-hybridized carbons (Fsp3) is 0.409. The van der Waals surface area contributed by atoms with Gasteiger partial charge in [0, 0.05) is 24.7 Å². The molecule has 3 rings (SSSR count). The van der Waals surface area contributed by atoms with E-state index in [2.05, 4.69) is 5.32 Å². The molecule has 0 saturated carbocycles. The van der Waals surface area contributed by atoms with Crippen molar-refractivity contribution in [2.45, 2.75) is 37.7 Å². The lowest BCUT2D eigenvalue weighted by Crippen LogP contribution is -2.31. The van der Waals surface area contributed by atoms with E-state index >= 15 is 0 Å². The second-order valence-electron chi connectivity index (χ2n) is 7.27. The summed E-state index contributed by atoms with van der Waals surface area (Å²) in [6.07, 6.45) is 1.81. The Morgan fingerprint density at radius 2 is 2.00 bits per heavy atom. The molecule has 1 N–H and O–H groups in total. The fourth-order valence-electron chi connectivity index (χ4n) is 3.43. The molecule has 0 bridgehead atoms. The van der Waals surface area contributed by atoms with Crippen molar-refractivity contribution < 1.29 is 27.1 Å². The van der Waals surface area contributed by atoms with E-state index in [1.807, 2.05) is 0 Å².